The summed E-state index contributed by atoms with van der Waals surface area (Å²) in [4.78, 5) is 0. The van der Waals surface area contributed by atoms with Crippen LogP contribution in [-0.4, -0.2) is 42.7 Å². The first-order chi connectivity index (χ1) is 21.0. The van der Waals surface area contributed by atoms with Crippen LogP contribution in [0.5, 0.6) is 5.75 Å². The fourth-order valence-electron chi connectivity index (χ4n) is 5.95. The Morgan fingerprint density at radius 2 is 1.51 bits per heavy atom. The average molecular weight is 601 g/mol. The van der Waals surface area contributed by atoms with Crippen molar-refractivity contribution in [3.05, 3.63) is 136 Å². The molecule has 0 radical (unpaired) electrons. The average Bonchev–Trinajstić information content (AvgIpc) is 3.37. The van der Waals surface area contributed by atoms with Gasteiger partial charge >= 0.3 is 0 Å². The van der Waals surface area contributed by atoms with Crippen LogP contribution in [0.1, 0.15) is 41.2 Å². The van der Waals surface area contributed by atoms with E-state index in [0.717, 1.165) is 33.6 Å². The van der Waals surface area contributed by atoms with E-state index in [4.69, 9.17) is 35.3 Å². The third kappa shape index (κ3) is 6.50. The lowest BCUT2D eigenvalue weighted by atomic mass is 9.85. The van der Waals surface area contributed by atoms with Gasteiger partial charge in [-0.15, -0.1) is 0 Å². The van der Waals surface area contributed by atoms with Gasteiger partial charge in [0.25, 0.3) is 0 Å². The Kier molecular flexibility index (Phi) is 9.14. The predicted octanol–water partition coefficient (Wildman–Crippen LogP) is 6.83. The number of aliphatic hydroxyl groups is 1. The lowest BCUT2D eigenvalue weighted by molar-refractivity contribution is -0.321. The highest BCUT2D eigenvalue weighted by Gasteiger charge is 2.64. The fraction of sp³-hybridized carbons (Fsp3) is 0.333. The fourth-order valence-corrected chi connectivity index (χ4v) is 6.13. The van der Waals surface area contributed by atoms with Crippen LogP contribution >= 0.6 is 11.6 Å². The van der Waals surface area contributed by atoms with E-state index in [0.29, 0.717) is 37.7 Å². The minimum absolute atomic E-state index is 0.196. The zero-order chi connectivity index (χ0) is 29.7. The summed E-state index contributed by atoms with van der Waals surface area (Å²) >= 11 is 6.74. The number of rotatable bonds is 12. The molecule has 3 unspecified atom stereocenters. The van der Waals surface area contributed by atoms with Crippen LogP contribution in [0, 0.1) is 0 Å². The van der Waals surface area contributed by atoms with E-state index in [2.05, 4.69) is 0 Å². The topological polar surface area (TPSA) is 66.4 Å². The highest BCUT2D eigenvalue weighted by Crippen LogP contribution is 2.52. The molecule has 7 heteroatoms. The summed E-state index contributed by atoms with van der Waals surface area (Å²) in [5.41, 5.74) is 3.98. The number of benzene rings is 4. The Morgan fingerprint density at radius 1 is 0.837 bits per heavy atom. The smallest absolute Gasteiger partial charge is 0.225 e. The molecule has 0 spiro atoms. The van der Waals surface area contributed by atoms with Crippen molar-refractivity contribution >= 4 is 11.6 Å². The molecule has 6 nitrogen and oxygen atoms in total. The molecule has 2 fully saturated rings. The summed E-state index contributed by atoms with van der Waals surface area (Å²) in [7, 11) is 0. The molecule has 2 aliphatic heterocycles. The van der Waals surface area contributed by atoms with Gasteiger partial charge in [-0.1, -0.05) is 90.5 Å². The Labute approximate surface area is 258 Å². The molecule has 2 bridgehead atoms. The Bertz CT molecular complexity index is 1480. The van der Waals surface area contributed by atoms with Crippen molar-refractivity contribution in [1.82, 2.24) is 0 Å². The van der Waals surface area contributed by atoms with Crippen molar-refractivity contribution in [1.29, 1.82) is 0 Å². The summed E-state index contributed by atoms with van der Waals surface area (Å²) in [5.74, 6) is -0.463. The minimum Gasteiger partial charge on any atom is -0.494 e. The molecule has 6 rings (SSSR count). The zero-order valence-electron chi connectivity index (χ0n) is 24.3. The van der Waals surface area contributed by atoms with E-state index in [1.165, 1.54) is 0 Å². The molecule has 4 aromatic rings. The van der Waals surface area contributed by atoms with Gasteiger partial charge in [-0.2, -0.15) is 0 Å². The molecule has 43 heavy (non-hydrogen) atoms. The monoisotopic (exact) mass is 600 g/mol. The van der Waals surface area contributed by atoms with Gasteiger partial charge in [0.2, 0.25) is 5.79 Å². The van der Waals surface area contributed by atoms with Crippen molar-refractivity contribution in [3.8, 4) is 5.75 Å². The van der Waals surface area contributed by atoms with Crippen LogP contribution in [0.3, 0.4) is 0 Å². The van der Waals surface area contributed by atoms with E-state index < -0.39 is 23.6 Å². The van der Waals surface area contributed by atoms with Crippen molar-refractivity contribution in [2.24, 2.45) is 0 Å². The Morgan fingerprint density at radius 3 is 2.16 bits per heavy atom. The molecule has 2 aliphatic rings. The van der Waals surface area contributed by atoms with E-state index >= 15 is 0 Å². The molecule has 2 saturated heterocycles. The van der Waals surface area contributed by atoms with Crippen LogP contribution in [0.15, 0.2) is 103 Å². The Balaban J connectivity index is 1.34. The van der Waals surface area contributed by atoms with Gasteiger partial charge in [0.15, 0.2) is 0 Å². The molecule has 0 aromatic heterocycles. The molecular formula is C36H37ClO6. The number of hydrogen-bond acceptors (Lipinski definition) is 6. The van der Waals surface area contributed by atoms with E-state index in [1.54, 1.807) is 0 Å². The predicted molar refractivity (Wildman–Crippen MR) is 165 cm³/mol. The second kappa shape index (κ2) is 13.2. The summed E-state index contributed by atoms with van der Waals surface area (Å²) in [6, 6.07) is 33.9. The van der Waals surface area contributed by atoms with Gasteiger partial charge < -0.3 is 28.8 Å². The maximum atomic E-state index is 10.5. The van der Waals surface area contributed by atoms with Crippen molar-refractivity contribution in [3.63, 3.8) is 0 Å². The molecule has 0 aliphatic carbocycles. The second-order valence-corrected chi connectivity index (χ2v) is 11.6. The van der Waals surface area contributed by atoms with Crippen LogP contribution < -0.4 is 4.74 Å². The minimum atomic E-state index is -1.30. The van der Waals surface area contributed by atoms with Gasteiger partial charge in [0.05, 0.1) is 39.1 Å². The summed E-state index contributed by atoms with van der Waals surface area (Å²) in [6.45, 7) is 3.36. The summed E-state index contributed by atoms with van der Waals surface area (Å²) < 4.78 is 32.2. The largest absolute Gasteiger partial charge is 0.494 e. The van der Waals surface area contributed by atoms with Crippen molar-refractivity contribution in [2.45, 2.75) is 56.6 Å². The molecule has 2 heterocycles. The lowest BCUT2D eigenvalue weighted by Gasteiger charge is -2.46. The Hall–Kier alpha value is -3.23. The number of halogens is 1. The molecule has 1 N–H and O–H groups in total. The van der Waals surface area contributed by atoms with Gasteiger partial charge in [-0.05, 0) is 59.9 Å². The zero-order valence-corrected chi connectivity index (χ0v) is 25.0. The van der Waals surface area contributed by atoms with Gasteiger partial charge in [0, 0.05) is 17.0 Å². The molecule has 4 aromatic carbocycles. The van der Waals surface area contributed by atoms with Crippen LogP contribution in [-0.2, 0) is 44.4 Å². The number of hydrogen-bond donors (Lipinski definition) is 1. The second-order valence-electron chi connectivity index (χ2n) is 11.2. The van der Waals surface area contributed by atoms with Gasteiger partial charge in [-0.25, -0.2) is 0 Å². The maximum Gasteiger partial charge on any atom is 0.225 e. The van der Waals surface area contributed by atoms with Crippen molar-refractivity contribution in [2.75, 3.05) is 19.8 Å². The van der Waals surface area contributed by atoms with Crippen LogP contribution in [0.4, 0.5) is 0 Å². The molecule has 224 valence electrons. The molecule has 0 saturated carbocycles. The molecule has 0 amide bonds. The van der Waals surface area contributed by atoms with E-state index in [-0.39, 0.29) is 13.2 Å². The normalized spacial score (nSPS) is 24.6. The first kappa shape index (κ1) is 29.8. The molecule has 4 atom stereocenters. The van der Waals surface area contributed by atoms with E-state index in [9.17, 15) is 5.11 Å². The maximum absolute atomic E-state index is 10.5. The lowest BCUT2D eigenvalue weighted by Crippen LogP contribution is -2.58. The van der Waals surface area contributed by atoms with Crippen LogP contribution in [0.2, 0.25) is 5.02 Å². The van der Waals surface area contributed by atoms with Gasteiger partial charge in [-0.3, -0.25) is 0 Å². The van der Waals surface area contributed by atoms with Crippen LogP contribution in [0.25, 0.3) is 0 Å². The van der Waals surface area contributed by atoms with Gasteiger partial charge in [0.1, 0.15) is 17.5 Å². The first-order valence-electron chi connectivity index (χ1n) is 14.8. The number of aliphatic hydroxyl groups excluding tert-OH is 1. The first-order valence-corrected chi connectivity index (χ1v) is 15.2. The highest BCUT2D eigenvalue weighted by atomic mass is 35.5. The standard InChI is InChI=1S/C36H37ClO6/c1-2-39-31-16-13-26(14-17-31)19-29-20-30(15-18-32(29)37)36-34(41-23-28-11-7-4-8-12-28)33(21-35(24-38,43-36)25-42-36)40-22-27-9-5-3-6-10-27/h3-18,20,33-34,38H,2,19,21-25H2,1H3/t33-,34?,35?,36?/m0/s1. The van der Waals surface area contributed by atoms with Crippen molar-refractivity contribution < 1.29 is 28.8 Å². The quantitative estimate of drug-likeness (QED) is 0.192. The number of ether oxygens (including phenoxy) is 5. The van der Waals surface area contributed by atoms with E-state index in [1.807, 2.05) is 110 Å². The third-order valence-electron chi connectivity index (χ3n) is 8.15. The third-order valence-corrected chi connectivity index (χ3v) is 8.52. The summed E-state index contributed by atoms with van der Waals surface area (Å²) in [6.07, 6.45) is 0.0316. The molecular weight excluding hydrogens is 564 g/mol. The summed E-state index contributed by atoms with van der Waals surface area (Å²) in [5, 5.41) is 11.2. The number of fused-ring (bicyclic) bond motifs is 2. The highest BCUT2D eigenvalue weighted by molar-refractivity contribution is 6.31. The SMILES string of the molecule is CCOc1ccc(Cc2cc(C34OCC(CO)(C[C@H](OCc5ccccc5)C3OCc3ccccc3)O4)ccc2Cl)cc1.